The first-order valence-corrected chi connectivity index (χ1v) is 11.0. The van der Waals surface area contributed by atoms with Crippen molar-refractivity contribution < 1.29 is 9.18 Å². The summed E-state index contributed by atoms with van der Waals surface area (Å²) in [6, 6.07) is 0. The molecule has 25 heavy (non-hydrogen) atoms. The molecule has 0 aromatic rings. The third kappa shape index (κ3) is 7.66. The molecule has 0 spiro atoms. The first kappa shape index (κ1) is 20.7. The van der Waals surface area contributed by atoms with Gasteiger partial charge < -0.3 is 5.73 Å². The number of hydrogen-bond acceptors (Lipinski definition) is 1. The molecule has 0 atom stereocenters. The highest BCUT2D eigenvalue weighted by Crippen LogP contribution is 2.71. The predicted octanol–water partition coefficient (Wildman–Crippen LogP) is 6.61. The van der Waals surface area contributed by atoms with Gasteiger partial charge in [-0.05, 0) is 37.5 Å². The molecule has 0 aromatic carbocycles. The maximum atomic E-state index is 13.4. The molecule has 0 aromatic heterocycles. The first-order valence-electron chi connectivity index (χ1n) is 11.0. The number of carbonyl (C=O) groups is 1. The summed E-state index contributed by atoms with van der Waals surface area (Å²) >= 11 is 0. The Labute approximate surface area is 154 Å². The van der Waals surface area contributed by atoms with Crippen LogP contribution in [0.25, 0.3) is 0 Å². The number of rotatable bonds is 17. The molecule has 3 aliphatic carbocycles. The molecule has 3 fully saturated rings. The van der Waals surface area contributed by atoms with Gasteiger partial charge in [0.25, 0.3) is 0 Å². The minimum Gasteiger partial charge on any atom is -0.370 e. The zero-order valence-corrected chi connectivity index (χ0v) is 16.3. The van der Waals surface area contributed by atoms with Crippen molar-refractivity contribution in [1.82, 2.24) is 0 Å². The SMILES string of the molecule is NC(=O)CCCCCCCCCCCCCCCCC12CC(F)(C1)C2. The Bertz CT molecular complexity index is 376. The molecule has 2 bridgehead atoms. The summed E-state index contributed by atoms with van der Waals surface area (Å²) in [7, 11) is 0. The van der Waals surface area contributed by atoms with Crippen LogP contribution < -0.4 is 5.73 Å². The summed E-state index contributed by atoms with van der Waals surface area (Å²) in [5.74, 6) is -0.163. The van der Waals surface area contributed by atoms with E-state index in [0.29, 0.717) is 11.8 Å². The van der Waals surface area contributed by atoms with E-state index in [4.69, 9.17) is 5.73 Å². The zero-order valence-electron chi connectivity index (χ0n) is 16.3. The van der Waals surface area contributed by atoms with Crippen molar-refractivity contribution in [2.75, 3.05) is 0 Å². The molecule has 0 unspecified atom stereocenters. The number of unbranched alkanes of at least 4 members (excludes halogenated alkanes) is 13. The van der Waals surface area contributed by atoms with Crippen LogP contribution >= 0.6 is 0 Å². The molecule has 0 aliphatic heterocycles. The topological polar surface area (TPSA) is 43.1 Å². The quantitative estimate of drug-likeness (QED) is 0.294. The smallest absolute Gasteiger partial charge is 0.217 e. The normalized spacial score (nSPS) is 26.9. The highest BCUT2D eigenvalue weighted by molar-refractivity contribution is 5.73. The van der Waals surface area contributed by atoms with Crippen LogP contribution in [0.2, 0.25) is 0 Å². The van der Waals surface area contributed by atoms with E-state index < -0.39 is 5.67 Å². The van der Waals surface area contributed by atoms with Crippen LogP contribution in [0.3, 0.4) is 0 Å². The molecular formula is C22H40FNO. The van der Waals surface area contributed by atoms with Gasteiger partial charge in [0, 0.05) is 6.42 Å². The fourth-order valence-corrected chi connectivity index (χ4v) is 5.05. The van der Waals surface area contributed by atoms with Gasteiger partial charge in [-0.3, -0.25) is 4.79 Å². The van der Waals surface area contributed by atoms with E-state index >= 15 is 0 Å². The highest BCUT2D eigenvalue weighted by Gasteiger charge is 2.68. The lowest BCUT2D eigenvalue weighted by atomic mass is 9.41. The van der Waals surface area contributed by atoms with Gasteiger partial charge in [0.1, 0.15) is 5.67 Å². The second-order valence-electron chi connectivity index (χ2n) is 9.10. The van der Waals surface area contributed by atoms with Crippen molar-refractivity contribution >= 4 is 5.91 Å². The molecule has 2 nitrogen and oxygen atoms in total. The molecule has 2 N–H and O–H groups in total. The maximum absolute atomic E-state index is 13.4. The highest BCUT2D eigenvalue weighted by atomic mass is 19.1. The van der Waals surface area contributed by atoms with Gasteiger partial charge in [-0.25, -0.2) is 4.39 Å². The minimum atomic E-state index is -0.703. The lowest BCUT2D eigenvalue weighted by Gasteiger charge is -2.66. The van der Waals surface area contributed by atoms with Gasteiger partial charge in [-0.2, -0.15) is 0 Å². The molecule has 0 saturated heterocycles. The number of nitrogens with two attached hydrogens (primary N) is 1. The minimum absolute atomic E-state index is 0.163. The average Bonchev–Trinajstić information content (AvgIpc) is 2.51. The molecule has 0 heterocycles. The fourth-order valence-electron chi connectivity index (χ4n) is 5.05. The van der Waals surface area contributed by atoms with Gasteiger partial charge in [0.15, 0.2) is 0 Å². The van der Waals surface area contributed by atoms with E-state index in [1.165, 1.54) is 83.5 Å². The molecule has 0 radical (unpaired) electrons. The van der Waals surface area contributed by atoms with Crippen LogP contribution in [0.15, 0.2) is 0 Å². The van der Waals surface area contributed by atoms with Crippen molar-refractivity contribution in [3.05, 3.63) is 0 Å². The Morgan fingerprint density at radius 3 is 1.40 bits per heavy atom. The van der Waals surface area contributed by atoms with Crippen molar-refractivity contribution in [3.63, 3.8) is 0 Å². The standard InChI is InChI=1S/C22H40FNO/c23-22-17-21(18-22,19-22)16-14-12-10-8-6-4-2-1-3-5-7-9-11-13-15-20(24)25/h1-19H2,(H2,24,25). The monoisotopic (exact) mass is 353 g/mol. The summed E-state index contributed by atoms with van der Waals surface area (Å²) in [4.78, 5) is 10.6. The average molecular weight is 354 g/mol. The lowest BCUT2D eigenvalue weighted by Crippen LogP contribution is -2.64. The Balaban J connectivity index is 1.21. The number of primary amides is 1. The van der Waals surface area contributed by atoms with E-state index in [0.717, 1.165) is 32.1 Å². The van der Waals surface area contributed by atoms with E-state index in [1.807, 2.05) is 0 Å². The maximum Gasteiger partial charge on any atom is 0.217 e. The van der Waals surface area contributed by atoms with Crippen LogP contribution in [0.1, 0.15) is 122 Å². The van der Waals surface area contributed by atoms with Crippen LogP contribution in [-0.2, 0) is 4.79 Å². The van der Waals surface area contributed by atoms with Crippen molar-refractivity contribution in [2.24, 2.45) is 11.1 Å². The van der Waals surface area contributed by atoms with Gasteiger partial charge in [-0.15, -0.1) is 0 Å². The molecular weight excluding hydrogens is 313 g/mol. The Morgan fingerprint density at radius 1 is 0.680 bits per heavy atom. The van der Waals surface area contributed by atoms with E-state index in [2.05, 4.69) is 0 Å². The summed E-state index contributed by atoms with van der Waals surface area (Å²) in [6.45, 7) is 0. The van der Waals surface area contributed by atoms with Gasteiger partial charge in [-0.1, -0.05) is 83.5 Å². The number of hydrogen-bond donors (Lipinski definition) is 1. The van der Waals surface area contributed by atoms with Crippen LogP contribution in [-0.4, -0.2) is 11.6 Å². The molecule has 146 valence electrons. The van der Waals surface area contributed by atoms with E-state index in [1.54, 1.807) is 0 Å². The van der Waals surface area contributed by atoms with Gasteiger partial charge in [0.05, 0.1) is 0 Å². The number of amides is 1. The molecule has 3 rings (SSSR count). The molecule has 3 heteroatoms. The Morgan fingerprint density at radius 2 is 1.04 bits per heavy atom. The Kier molecular flexibility index (Phi) is 8.72. The van der Waals surface area contributed by atoms with Gasteiger partial charge >= 0.3 is 0 Å². The van der Waals surface area contributed by atoms with E-state index in [-0.39, 0.29) is 5.91 Å². The lowest BCUT2D eigenvalue weighted by molar-refractivity contribution is -0.217. The van der Waals surface area contributed by atoms with Crippen LogP contribution in [0.5, 0.6) is 0 Å². The number of carbonyl (C=O) groups excluding carboxylic acids is 1. The summed E-state index contributed by atoms with van der Waals surface area (Å²) in [5, 5.41) is 0. The fraction of sp³-hybridized carbons (Fsp3) is 0.955. The molecule has 1 amide bonds. The second-order valence-corrected chi connectivity index (χ2v) is 9.10. The van der Waals surface area contributed by atoms with Crippen molar-refractivity contribution in [2.45, 2.75) is 128 Å². The zero-order chi connectivity index (χ0) is 18.0. The Hall–Kier alpha value is -0.600. The van der Waals surface area contributed by atoms with Crippen molar-refractivity contribution in [3.8, 4) is 0 Å². The van der Waals surface area contributed by atoms with Crippen LogP contribution in [0, 0.1) is 5.41 Å². The second kappa shape index (κ2) is 10.5. The largest absolute Gasteiger partial charge is 0.370 e. The third-order valence-corrected chi connectivity index (χ3v) is 6.46. The number of alkyl halides is 1. The number of halogens is 1. The van der Waals surface area contributed by atoms with Crippen LogP contribution in [0.4, 0.5) is 4.39 Å². The predicted molar refractivity (Wildman–Crippen MR) is 103 cm³/mol. The van der Waals surface area contributed by atoms with Crippen molar-refractivity contribution in [1.29, 1.82) is 0 Å². The molecule has 3 saturated carbocycles. The summed E-state index contributed by atoms with van der Waals surface area (Å²) < 4.78 is 13.4. The molecule has 3 aliphatic rings. The summed E-state index contributed by atoms with van der Waals surface area (Å²) in [6.07, 6.45) is 22.9. The first-order chi connectivity index (χ1) is 12.0. The third-order valence-electron chi connectivity index (χ3n) is 6.46. The van der Waals surface area contributed by atoms with Gasteiger partial charge in [0.2, 0.25) is 5.91 Å². The summed E-state index contributed by atoms with van der Waals surface area (Å²) in [5.41, 5.74) is 4.89. The van der Waals surface area contributed by atoms with E-state index in [9.17, 15) is 9.18 Å².